The molecule has 1 amide bonds. The van der Waals surface area contributed by atoms with Crippen LogP contribution in [-0.4, -0.2) is 49.7 Å². The highest BCUT2D eigenvalue weighted by atomic mass is 127. The molecule has 0 bridgehead atoms. The SMILES string of the molecule is O=C(c1cccc(I)c1)N1CCN(S(=O)(=O)c2ccccc2Cl)CC1. The van der Waals surface area contributed by atoms with Gasteiger partial charge in [0.05, 0.1) is 5.02 Å². The Labute approximate surface area is 165 Å². The zero-order valence-electron chi connectivity index (χ0n) is 13.2. The van der Waals surface area contributed by atoms with Crippen molar-refractivity contribution in [2.45, 2.75) is 4.90 Å². The number of amides is 1. The molecule has 132 valence electrons. The second-order valence-electron chi connectivity index (χ2n) is 5.64. The first-order chi connectivity index (χ1) is 11.9. The van der Waals surface area contributed by atoms with Gasteiger partial charge < -0.3 is 4.90 Å². The molecule has 1 fully saturated rings. The number of halogens is 2. The summed E-state index contributed by atoms with van der Waals surface area (Å²) < 4.78 is 27.8. The topological polar surface area (TPSA) is 57.7 Å². The number of carbonyl (C=O) groups excluding carboxylic acids is 1. The second-order valence-corrected chi connectivity index (χ2v) is 9.20. The van der Waals surface area contributed by atoms with Crippen molar-refractivity contribution in [2.24, 2.45) is 0 Å². The van der Waals surface area contributed by atoms with E-state index in [9.17, 15) is 13.2 Å². The molecule has 0 atom stereocenters. The summed E-state index contributed by atoms with van der Waals surface area (Å²) in [6, 6.07) is 13.8. The van der Waals surface area contributed by atoms with Crippen molar-refractivity contribution in [1.29, 1.82) is 0 Å². The van der Waals surface area contributed by atoms with Crippen LogP contribution in [0, 0.1) is 3.57 Å². The molecule has 0 radical (unpaired) electrons. The minimum atomic E-state index is -3.65. The van der Waals surface area contributed by atoms with Crippen LogP contribution in [0.3, 0.4) is 0 Å². The van der Waals surface area contributed by atoms with Gasteiger partial charge in [0.2, 0.25) is 10.0 Å². The Balaban J connectivity index is 1.72. The van der Waals surface area contributed by atoms with E-state index in [0.29, 0.717) is 18.7 Å². The molecule has 1 saturated heterocycles. The fourth-order valence-electron chi connectivity index (χ4n) is 2.73. The fourth-order valence-corrected chi connectivity index (χ4v) is 5.19. The minimum Gasteiger partial charge on any atom is -0.336 e. The molecule has 0 saturated carbocycles. The van der Waals surface area contributed by atoms with Crippen molar-refractivity contribution >= 4 is 50.1 Å². The van der Waals surface area contributed by atoms with E-state index in [4.69, 9.17) is 11.6 Å². The third-order valence-corrected chi connectivity index (χ3v) is 7.12. The Morgan fingerprint density at radius 3 is 2.32 bits per heavy atom. The number of piperazine rings is 1. The molecule has 0 N–H and O–H groups in total. The van der Waals surface area contributed by atoms with Crippen LogP contribution in [0.15, 0.2) is 53.4 Å². The van der Waals surface area contributed by atoms with Gasteiger partial charge >= 0.3 is 0 Å². The predicted molar refractivity (Wildman–Crippen MR) is 105 cm³/mol. The summed E-state index contributed by atoms with van der Waals surface area (Å²) in [5.41, 5.74) is 0.620. The molecule has 0 unspecified atom stereocenters. The summed E-state index contributed by atoms with van der Waals surface area (Å²) in [4.78, 5) is 14.4. The van der Waals surface area contributed by atoms with Gasteiger partial charge in [0.15, 0.2) is 0 Å². The third kappa shape index (κ3) is 3.99. The average Bonchev–Trinajstić information content (AvgIpc) is 2.61. The van der Waals surface area contributed by atoms with Gasteiger partial charge in [-0.2, -0.15) is 4.31 Å². The largest absolute Gasteiger partial charge is 0.336 e. The Morgan fingerprint density at radius 2 is 1.68 bits per heavy atom. The van der Waals surface area contributed by atoms with Crippen molar-refractivity contribution in [2.75, 3.05) is 26.2 Å². The molecule has 1 heterocycles. The Kier molecular flexibility index (Phi) is 5.67. The number of rotatable bonds is 3. The zero-order chi connectivity index (χ0) is 18.0. The van der Waals surface area contributed by atoms with Crippen LogP contribution >= 0.6 is 34.2 Å². The molecule has 0 spiro atoms. The molecule has 5 nitrogen and oxygen atoms in total. The van der Waals surface area contributed by atoms with Gasteiger partial charge in [-0.15, -0.1) is 0 Å². The first-order valence-corrected chi connectivity index (χ1v) is 10.6. The normalized spacial score (nSPS) is 16.0. The summed E-state index contributed by atoms with van der Waals surface area (Å²) in [7, 11) is -3.65. The van der Waals surface area contributed by atoms with Crippen molar-refractivity contribution in [3.8, 4) is 0 Å². The van der Waals surface area contributed by atoms with Crippen LogP contribution in [0.5, 0.6) is 0 Å². The molecule has 8 heteroatoms. The molecule has 1 aliphatic heterocycles. The Bertz CT molecular complexity index is 896. The lowest BCUT2D eigenvalue weighted by atomic mass is 10.2. The molecule has 2 aromatic rings. The predicted octanol–water partition coefficient (Wildman–Crippen LogP) is 3.09. The van der Waals surface area contributed by atoms with Gasteiger partial charge in [0, 0.05) is 35.3 Å². The highest BCUT2D eigenvalue weighted by molar-refractivity contribution is 14.1. The summed E-state index contributed by atoms with van der Waals surface area (Å²) in [6.07, 6.45) is 0. The average molecular weight is 491 g/mol. The van der Waals surface area contributed by atoms with Gasteiger partial charge in [0.25, 0.3) is 5.91 Å². The number of sulfonamides is 1. The lowest BCUT2D eigenvalue weighted by Crippen LogP contribution is -2.50. The van der Waals surface area contributed by atoms with Crippen molar-refractivity contribution in [3.05, 3.63) is 62.7 Å². The molecule has 0 aromatic heterocycles. The summed E-state index contributed by atoms with van der Waals surface area (Å²) in [5, 5.41) is 0.208. The van der Waals surface area contributed by atoms with Crippen LogP contribution in [0.25, 0.3) is 0 Å². The molecular formula is C17H16ClIN2O3S. The van der Waals surface area contributed by atoms with Crippen molar-refractivity contribution in [1.82, 2.24) is 9.21 Å². The minimum absolute atomic E-state index is 0.0756. The van der Waals surface area contributed by atoms with E-state index in [-0.39, 0.29) is 28.9 Å². The fraction of sp³-hybridized carbons (Fsp3) is 0.235. The number of carbonyl (C=O) groups is 1. The maximum absolute atomic E-state index is 12.7. The van der Waals surface area contributed by atoms with Gasteiger partial charge in [-0.05, 0) is 52.9 Å². The Hall–Kier alpha value is -1.16. The van der Waals surface area contributed by atoms with Crippen LogP contribution in [0.2, 0.25) is 5.02 Å². The first-order valence-electron chi connectivity index (χ1n) is 7.69. The molecule has 0 aliphatic carbocycles. The summed E-state index contributed by atoms with van der Waals surface area (Å²) in [5.74, 6) is -0.0756. The number of hydrogen-bond donors (Lipinski definition) is 0. The van der Waals surface area contributed by atoms with Crippen LogP contribution < -0.4 is 0 Å². The summed E-state index contributed by atoms with van der Waals surface area (Å²) >= 11 is 8.19. The van der Waals surface area contributed by atoms with E-state index in [2.05, 4.69) is 22.6 Å². The highest BCUT2D eigenvalue weighted by Crippen LogP contribution is 2.25. The number of benzene rings is 2. The maximum atomic E-state index is 12.7. The van der Waals surface area contributed by atoms with Gasteiger partial charge in [-0.1, -0.05) is 29.8 Å². The highest BCUT2D eigenvalue weighted by Gasteiger charge is 2.31. The van der Waals surface area contributed by atoms with Gasteiger partial charge in [-0.3, -0.25) is 4.79 Å². The number of nitrogens with zero attached hydrogens (tertiary/aromatic N) is 2. The van der Waals surface area contributed by atoms with Crippen LogP contribution in [0.4, 0.5) is 0 Å². The molecule has 2 aromatic carbocycles. The second kappa shape index (κ2) is 7.61. The van der Waals surface area contributed by atoms with E-state index in [1.165, 1.54) is 10.4 Å². The van der Waals surface area contributed by atoms with Gasteiger partial charge in [-0.25, -0.2) is 8.42 Å². The first kappa shape index (κ1) is 18.6. The third-order valence-electron chi connectivity index (χ3n) is 4.05. The molecule has 25 heavy (non-hydrogen) atoms. The van der Waals surface area contributed by atoms with Crippen LogP contribution in [-0.2, 0) is 10.0 Å². The van der Waals surface area contributed by atoms with E-state index >= 15 is 0 Å². The quantitative estimate of drug-likeness (QED) is 0.622. The van der Waals surface area contributed by atoms with E-state index < -0.39 is 10.0 Å². The lowest BCUT2D eigenvalue weighted by Gasteiger charge is -2.34. The number of hydrogen-bond acceptors (Lipinski definition) is 3. The van der Waals surface area contributed by atoms with Crippen molar-refractivity contribution in [3.63, 3.8) is 0 Å². The van der Waals surface area contributed by atoms with Crippen molar-refractivity contribution < 1.29 is 13.2 Å². The lowest BCUT2D eigenvalue weighted by molar-refractivity contribution is 0.0698. The smallest absolute Gasteiger partial charge is 0.253 e. The standard InChI is InChI=1S/C17H16ClIN2O3S/c18-15-6-1-2-7-16(15)25(23,24)21-10-8-20(9-11-21)17(22)13-4-3-5-14(19)12-13/h1-7,12H,8-11H2. The summed E-state index contributed by atoms with van der Waals surface area (Å²) in [6.45, 7) is 1.22. The van der Waals surface area contributed by atoms with Crippen LogP contribution in [0.1, 0.15) is 10.4 Å². The van der Waals surface area contributed by atoms with E-state index in [1.54, 1.807) is 29.2 Å². The van der Waals surface area contributed by atoms with E-state index in [1.807, 2.05) is 18.2 Å². The maximum Gasteiger partial charge on any atom is 0.253 e. The van der Waals surface area contributed by atoms with Gasteiger partial charge in [0.1, 0.15) is 4.90 Å². The molecule has 1 aliphatic rings. The van der Waals surface area contributed by atoms with E-state index in [0.717, 1.165) is 3.57 Å². The Morgan fingerprint density at radius 1 is 1.00 bits per heavy atom. The molecule has 3 rings (SSSR count). The zero-order valence-corrected chi connectivity index (χ0v) is 17.0. The monoisotopic (exact) mass is 490 g/mol. The molecular weight excluding hydrogens is 475 g/mol.